The zero-order valence-corrected chi connectivity index (χ0v) is 11.8. The highest BCUT2D eigenvalue weighted by atomic mass is 16.5. The number of benzene rings is 1. The van der Waals surface area contributed by atoms with E-state index in [1.807, 2.05) is 37.3 Å². The molecule has 1 aliphatic heterocycles. The van der Waals surface area contributed by atoms with E-state index in [2.05, 4.69) is 6.58 Å². The lowest BCUT2D eigenvalue weighted by molar-refractivity contribution is -0.151. The number of methoxy groups -OCH3 is 1. The summed E-state index contributed by atoms with van der Waals surface area (Å²) in [6.07, 6.45) is 1.66. The number of carbonyl (C=O) groups is 2. The van der Waals surface area contributed by atoms with Crippen molar-refractivity contribution in [2.75, 3.05) is 13.7 Å². The van der Waals surface area contributed by atoms with E-state index >= 15 is 0 Å². The molecule has 3 unspecified atom stereocenters. The molecule has 20 heavy (non-hydrogen) atoms. The molecule has 1 heterocycles. The van der Waals surface area contributed by atoms with E-state index < -0.39 is 11.9 Å². The summed E-state index contributed by atoms with van der Waals surface area (Å²) in [6, 6.07) is 9.70. The quantitative estimate of drug-likeness (QED) is 0.480. The molecule has 1 fully saturated rings. The van der Waals surface area contributed by atoms with Crippen LogP contribution in [0, 0.1) is 11.8 Å². The molecule has 106 valence electrons. The van der Waals surface area contributed by atoms with E-state index in [1.165, 1.54) is 7.11 Å². The number of nitrogens with zero attached hydrogens (tertiary/aromatic N) is 1. The van der Waals surface area contributed by atoms with Gasteiger partial charge in [0.2, 0.25) is 5.91 Å². The summed E-state index contributed by atoms with van der Waals surface area (Å²) < 4.78 is 4.74. The Morgan fingerprint density at radius 3 is 2.65 bits per heavy atom. The first-order valence-electron chi connectivity index (χ1n) is 6.66. The van der Waals surface area contributed by atoms with Gasteiger partial charge in [0.1, 0.15) is 5.92 Å². The molecular formula is C16H19NO3. The molecule has 0 saturated carbocycles. The van der Waals surface area contributed by atoms with Crippen LogP contribution in [0.1, 0.15) is 18.5 Å². The monoisotopic (exact) mass is 273 g/mol. The van der Waals surface area contributed by atoms with Crippen LogP contribution in [0.2, 0.25) is 0 Å². The smallest absolute Gasteiger partial charge is 0.318 e. The Morgan fingerprint density at radius 2 is 2.10 bits per heavy atom. The third-order valence-corrected chi connectivity index (χ3v) is 3.89. The molecule has 0 N–H and O–H groups in total. The average Bonchev–Trinajstić information content (AvgIpc) is 2.83. The van der Waals surface area contributed by atoms with Gasteiger partial charge in [0.15, 0.2) is 0 Å². The van der Waals surface area contributed by atoms with E-state index in [1.54, 1.807) is 11.0 Å². The highest BCUT2D eigenvalue weighted by molar-refractivity contribution is 6.00. The lowest BCUT2D eigenvalue weighted by atomic mass is 9.96. The van der Waals surface area contributed by atoms with E-state index in [0.29, 0.717) is 6.54 Å². The Kier molecular flexibility index (Phi) is 4.23. The third-order valence-electron chi connectivity index (χ3n) is 3.89. The number of ether oxygens (including phenoxy) is 1. The zero-order valence-electron chi connectivity index (χ0n) is 11.8. The largest absolute Gasteiger partial charge is 0.468 e. The van der Waals surface area contributed by atoms with Crippen molar-refractivity contribution in [3.63, 3.8) is 0 Å². The van der Waals surface area contributed by atoms with Crippen LogP contribution in [-0.4, -0.2) is 30.4 Å². The number of hydrogen-bond donors (Lipinski definition) is 0. The zero-order chi connectivity index (χ0) is 14.7. The fourth-order valence-electron chi connectivity index (χ4n) is 2.66. The SMILES string of the molecule is C=CC1CN(C(C)c2ccccc2)C(=O)C1C(=O)OC. The number of likely N-dealkylation sites (tertiary alicyclic amines) is 1. The maximum absolute atomic E-state index is 12.5. The summed E-state index contributed by atoms with van der Waals surface area (Å²) in [6.45, 7) is 6.19. The molecule has 0 spiro atoms. The molecule has 0 radical (unpaired) electrons. The van der Waals surface area contributed by atoms with Gasteiger partial charge in [-0.1, -0.05) is 36.4 Å². The van der Waals surface area contributed by atoms with Gasteiger partial charge in [-0.2, -0.15) is 0 Å². The second-order valence-corrected chi connectivity index (χ2v) is 4.98. The molecule has 0 aromatic heterocycles. The van der Waals surface area contributed by atoms with Crippen LogP contribution in [0.4, 0.5) is 0 Å². The number of rotatable bonds is 4. The van der Waals surface area contributed by atoms with Gasteiger partial charge in [-0.05, 0) is 12.5 Å². The minimum absolute atomic E-state index is 0.0687. The van der Waals surface area contributed by atoms with Gasteiger partial charge < -0.3 is 9.64 Å². The maximum Gasteiger partial charge on any atom is 0.318 e. The van der Waals surface area contributed by atoms with Crippen LogP contribution in [0.3, 0.4) is 0 Å². The fourth-order valence-corrected chi connectivity index (χ4v) is 2.66. The summed E-state index contributed by atoms with van der Waals surface area (Å²) in [7, 11) is 1.30. The lowest BCUT2D eigenvalue weighted by Crippen LogP contribution is -2.33. The van der Waals surface area contributed by atoms with Crippen molar-refractivity contribution in [3.05, 3.63) is 48.6 Å². The average molecular weight is 273 g/mol. The Balaban J connectivity index is 2.24. The van der Waals surface area contributed by atoms with Gasteiger partial charge in [-0.25, -0.2) is 0 Å². The van der Waals surface area contributed by atoms with Crippen LogP contribution in [-0.2, 0) is 14.3 Å². The van der Waals surface area contributed by atoms with Crippen LogP contribution in [0.25, 0.3) is 0 Å². The summed E-state index contributed by atoms with van der Waals surface area (Å²) >= 11 is 0. The molecule has 1 amide bonds. The maximum atomic E-state index is 12.5. The summed E-state index contributed by atoms with van der Waals surface area (Å²) in [5, 5.41) is 0. The molecule has 1 aliphatic rings. The molecule has 1 aromatic rings. The van der Waals surface area contributed by atoms with Crippen LogP contribution in [0.15, 0.2) is 43.0 Å². The number of amides is 1. The molecule has 2 rings (SSSR count). The highest BCUT2D eigenvalue weighted by Crippen LogP contribution is 2.33. The topological polar surface area (TPSA) is 46.6 Å². The third kappa shape index (κ3) is 2.46. The van der Waals surface area contributed by atoms with Crippen LogP contribution in [0.5, 0.6) is 0 Å². The number of carbonyl (C=O) groups excluding carboxylic acids is 2. The Labute approximate surface area is 119 Å². The molecule has 4 nitrogen and oxygen atoms in total. The Morgan fingerprint density at radius 1 is 1.45 bits per heavy atom. The van der Waals surface area contributed by atoms with Gasteiger partial charge in [-0.15, -0.1) is 6.58 Å². The second kappa shape index (κ2) is 5.90. The summed E-state index contributed by atoms with van der Waals surface area (Å²) in [5.41, 5.74) is 1.05. The van der Waals surface area contributed by atoms with Crippen molar-refractivity contribution in [2.45, 2.75) is 13.0 Å². The van der Waals surface area contributed by atoms with Gasteiger partial charge in [0, 0.05) is 12.5 Å². The molecular weight excluding hydrogens is 254 g/mol. The molecule has 4 heteroatoms. The first-order chi connectivity index (χ1) is 9.60. The van der Waals surface area contributed by atoms with Gasteiger partial charge >= 0.3 is 5.97 Å². The summed E-state index contributed by atoms with van der Waals surface area (Å²) in [4.78, 5) is 26.0. The van der Waals surface area contributed by atoms with Crippen LogP contribution < -0.4 is 0 Å². The molecule has 0 aliphatic carbocycles. The van der Waals surface area contributed by atoms with Gasteiger partial charge in [0.25, 0.3) is 0 Å². The van der Waals surface area contributed by atoms with E-state index in [0.717, 1.165) is 5.56 Å². The molecule has 1 aromatic carbocycles. The predicted octanol–water partition coefficient (Wildman–Crippen LogP) is 2.18. The molecule has 1 saturated heterocycles. The Bertz CT molecular complexity index is 512. The van der Waals surface area contributed by atoms with Crippen molar-refractivity contribution in [2.24, 2.45) is 11.8 Å². The summed E-state index contributed by atoms with van der Waals surface area (Å²) in [5.74, 6) is -1.62. The van der Waals surface area contributed by atoms with Crippen molar-refractivity contribution >= 4 is 11.9 Å². The first-order valence-corrected chi connectivity index (χ1v) is 6.66. The predicted molar refractivity (Wildman–Crippen MR) is 75.8 cm³/mol. The number of hydrogen-bond acceptors (Lipinski definition) is 3. The lowest BCUT2D eigenvalue weighted by Gasteiger charge is -2.25. The normalized spacial score (nSPS) is 23.5. The minimum atomic E-state index is -0.760. The van der Waals surface area contributed by atoms with Gasteiger partial charge in [0.05, 0.1) is 13.2 Å². The van der Waals surface area contributed by atoms with Crippen molar-refractivity contribution in [1.82, 2.24) is 4.90 Å². The molecule has 0 bridgehead atoms. The van der Waals surface area contributed by atoms with Crippen molar-refractivity contribution < 1.29 is 14.3 Å². The minimum Gasteiger partial charge on any atom is -0.468 e. The van der Waals surface area contributed by atoms with E-state index in [4.69, 9.17) is 4.74 Å². The van der Waals surface area contributed by atoms with E-state index in [9.17, 15) is 9.59 Å². The van der Waals surface area contributed by atoms with Crippen molar-refractivity contribution in [3.8, 4) is 0 Å². The first kappa shape index (κ1) is 14.3. The van der Waals surface area contributed by atoms with Crippen molar-refractivity contribution in [1.29, 1.82) is 0 Å². The highest BCUT2D eigenvalue weighted by Gasteiger charge is 2.45. The Hall–Kier alpha value is -2.10. The van der Waals surface area contributed by atoms with Crippen LogP contribution >= 0.6 is 0 Å². The standard InChI is InChI=1S/C16H19NO3/c1-4-12-10-17(15(18)14(12)16(19)20-3)11(2)13-8-6-5-7-9-13/h4-9,11-12,14H,1,10H2,2-3H3. The van der Waals surface area contributed by atoms with Gasteiger partial charge in [-0.3, -0.25) is 9.59 Å². The fraction of sp³-hybridized carbons (Fsp3) is 0.375. The number of esters is 1. The molecule has 3 atom stereocenters. The second-order valence-electron chi connectivity index (χ2n) is 4.98. The van der Waals surface area contributed by atoms with E-state index in [-0.39, 0.29) is 17.9 Å².